The van der Waals surface area contributed by atoms with Crippen LogP contribution in [0, 0.1) is 0 Å². The highest BCUT2D eigenvalue weighted by Gasteiger charge is 2.31. The molecule has 1 fully saturated rings. The predicted octanol–water partition coefficient (Wildman–Crippen LogP) is 1.45. The summed E-state index contributed by atoms with van der Waals surface area (Å²) in [6.45, 7) is 0.948. The summed E-state index contributed by atoms with van der Waals surface area (Å²) in [4.78, 5) is 12.9. The lowest BCUT2D eigenvalue weighted by molar-refractivity contribution is 0.145. The molecule has 4 nitrogen and oxygen atoms in total. The van der Waals surface area contributed by atoms with Crippen molar-refractivity contribution in [2.45, 2.75) is 6.10 Å². The lowest BCUT2D eigenvalue weighted by Gasteiger charge is -2.08. The maximum atomic E-state index is 11.3. The van der Waals surface area contributed by atoms with E-state index < -0.39 is 0 Å². The Labute approximate surface area is 92.1 Å². The van der Waals surface area contributed by atoms with E-state index in [4.69, 9.17) is 10.5 Å². The number of amides is 1. The van der Waals surface area contributed by atoms with Gasteiger partial charge >= 0.3 is 6.09 Å². The van der Waals surface area contributed by atoms with E-state index in [-0.39, 0.29) is 24.6 Å². The van der Waals surface area contributed by atoms with Gasteiger partial charge in [-0.3, -0.25) is 4.90 Å². The van der Waals surface area contributed by atoms with Gasteiger partial charge in [0.2, 0.25) is 0 Å². The van der Waals surface area contributed by atoms with E-state index in [1.54, 1.807) is 4.90 Å². The Balaban J connectivity index is 0.000000980. The molecule has 1 unspecified atom stereocenters. The maximum Gasteiger partial charge on any atom is 0.415 e. The van der Waals surface area contributed by atoms with Crippen molar-refractivity contribution in [1.29, 1.82) is 0 Å². The van der Waals surface area contributed by atoms with Gasteiger partial charge in [0, 0.05) is 6.54 Å². The number of carbonyl (C=O) groups excluding carboxylic acids is 1. The SMILES string of the molecule is Cl.NCC1CN(c2cccs2)C(=O)O1. The molecule has 1 aliphatic heterocycles. The summed E-state index contributed by atoms with van der Waals surface area (Å²) in [5, 5.41) is 2.85. The molecule has 1 atom stereocenters. The molecule has 6 heteroatoms. The molecule has 0 aliphatic carbocycles. The van der Waals surface area contributed by atoms with E-state index in [0.717, 1.165) is 5.00 Å². The van der Waals surface area contributed by atoms with Crippen LogP contribution in [0.4, 0.5) is 9.80 Å². The van der Waals surface area contributed by atoms with Gasteiger partial charge in [-0.15, -0.1) is 23.7 Å². The van der Waals surface area contributed by atoms with Crippen molar-refractivity contribution in [1.82, 2.24) is 0 Å². The number of anilines is 1. The van der Waals surface area contributed by atoms with Crippen LogP contribution in [0.5, 0.6) is 0 Å². The number of nitrogens with two attached hydrogens (primary N) is 1. The molecular formula is C8H11ClN2O2S. The summed E-state index contributed by atoms with van der Waals surface area (Å²) < 4.78 is 5.02. The zero-order chi connectivity index (χ0) is 9.26. The number of cyclic esters (lactones) is 1. The van der Waals surface area contributed by atoms with E-state index in [9.17, 15) is 4.79 Å². The van der Waals surface area contributed by atoms with E-state index >= 15 is 0 Å². The normalized spacial score (nSPS) is 20.5. The van der Waals surface area contributed by atoms with Crippen LogP contribution in [0.3, 0.4) is 0 Å². The molecular weight excluding hydrogens is 224 g/mol. The quantitative estimate of drug-likeness (QED) is 0.843. The molecule has 0 spiro atoms. The number of thiophene rings is 1. The van der Waals surface area contributed by atoms with E-state index in [1.807, 2.05) is 17.5 Å². The second-order valence-corrected chi connectivity index (χ2v) is 3.73. The first-order valence-electron chi connectivity index (χ1n) is 4.03. The van der Waals surface area contributed by atoms with Gasteiger partial charge in [-0.1, -0.05) is 0 Å². The third kappa shape index (κ3) is 2.00. The van der Waals surface area contributed by atoms with Gasteiger partial charge in [0.25, 0.3) is 0 Å². The number of carbonyl (C=O) groups is 1. The molecule has 1 amide bonds. The minimum Gasteiger partial charge on any atom is -0.443 e. The number of hydrogen-bond donors (Lipinski definition) is 1. The number of rotatable bonds is 2. The van der Waals surface area contributed by atoms with Crippen LogP contribution < -0.4 is 10.6 Å². The van der Waals surface area contributed by atoms with Crippen LogP contribution in [-0.2, 0) is 4.74 Å². The van der Waals surface area contributed by atoms with E-state index in [1.165, 1.54) is 11.3 Å². The molecule has 1 saturated heterocycles. The summed E-state index contributed by atoms with van der Waals surface area (Å²) >= 11 is 1.52. The van der Waals surface area contributed by atoms with E-state index in [2.05, 4.69) is 0 Å². The van der Waals surface area contributed by atoms with Gasteiger partial charge in [-0.2, -0.15) is 0 Å². The minimum absolute atomic E-state index is 0. The van der Waals surface area contributed by atoms with Crippen LogP contribution in [0.2, 0.25) is 0 Å². The fourth-order valence-electron chi connectivity index (χ4n) is 1.25. The fraction of sp³-hybridized carbons (Fsp3) is 0.375. The monoisotopic (exact) mass is 234 g/mol. The van der Waals surface area contributed by atoms with Crippen molar-refractivity contribution < 1.29 is 9.53 Å². The summed E-state index contributed by atoms with van der Waals surface area (Å²) in [5.74, 6) is 0. The second kappa shape index (κ2) is 4.63. The molecule has 0 saturated carbocycles. The first-order chi connectivity index (χ1) is 6.31. The van der Waals surface area contributed by atoms with Gasteiger partial charge < -0.3 is 10.5 Å². The van der Waals surface area contributed by atoms with Gasteiger partial charge in [0.1, 0.15) is 11.1 Å². The van der Waals surface area contributed by atoms with Crippen LogP contribution >= 0.6 is 23.7 Å². The lowest BCUT2D eigenvalue weighted by atomic mass is 10.3. The summed E-state index contributed by atoms with van der Waals surface area (Å²) in [6.07, 6.45) is -0.451. The second-order valence-electron chi connectivity index (χ2n) is 2.80. The highest BCUT2D eigenvalue weighted by Crippen LogP contribution is 2.25. The Bertz CT molecular complexity index is 304. The standard InChI is InChI=1S/C8H10N2O2S.ClH/c9-4-6-5-10(8(11)12-6)7-2-1-3-13-7;/h1-3,6H,4-5,9H2;1H. The number of nitrogens with zero attached hydrogens (tertiary/aromatic N) is 1. The maximum absolute atomic E-state index is 11.3. The largest absolute Gasteiger partial charge is 0.443 e. The van der Waals surface area contributed by atoms with Gasteiger partial charge in [0.15, 0.2) is 0 Å². The molecule has 0 bridgehead atoms. The molecule has 2 heterocycles. The number of halogens is 1. The van der Waals surface area contributed by atoms with Crippen molar-refractivity contribution in [2.24, 2.45) is 5.73 Å². The molecule has 0 aromatic carbocycles. The molecule has 1 aliphatic rings. The lowest BCUT2D eigenvalue weighted by Crippen LogP contribution is -2.26. The van der Waals surface area contributed by atoms with Crippen molar-refractivity contribution in [2.75, 3.05) is 18.0 Å². The van der Waals surface area contributed by atoms with Gasteiger partial charge in [0.05, 0.1) is 6.54 Å². The molecule has 78 valence electrons. The summed E-state index contributed by atoms with van der Waals surface area (Å²) in [7, 11) is 0. The molecule has 2 N–H and O–H groups in total. The van der Waals surface area contributed by atoms with Crippen molar-refractivity contribution in [3.63, 3.8) is 0 Å². The smallest absolute Gasteiger partial charge is 0.415 e. The van der Waals surface area contributed by atoms with Crippen LogP contribution in [0.1, 0.15) is 0 Å². The Kier molecular flexibility index (Phi) is 3.74. The Morgan fingerprint density at radius 3 is 3.00 bits per heavy atom. The summed E-state index contributed by atoms with van der Waals surface area (Å²) in [5.41, 5.74) is 5.41. The minimum atomic E-state index is -0.294. The molecule has 1 aromatic heterocycles. The van der Waals surface area contributed by atoms with Crippen LogP contribution in [0.25, 0.3) is 0 Å². The number of hydrogen-bond acceptors (Lipinski definition) is 4. The van der Waals surface area contributed by atoms with E-state index in [0.29, 0.717) is 13.1 Å². The molecule has 0 radical (unpaired) electrons. The topological polar surface area (TPSA) is 55.6 Å². The zero-order valence-electron chi connectivity index (χ0n) is 7.38. The number of ether oxygens (including phenoxy) is 1. The van der Waals surface area contributed by atoms with Gasteiger partial charge in [-0.25, -0.2) is 4.79 Å². The van der Waals surface area contributed by atoms with Crippen LogP contribution in [0.15, 0.2) is 17.5 Å². The molecule has 2 rings (SSSR count). The van der Waals surface area contributed by atoms with Crippen molar-refractivity contribution >= 4 is 34.8 Å². The fourth-order valence-corrected chi connectivity index (χ4v) is 1.98. The molecule has 14 heavy (non-hydrogen) atoms. The highest BCUT2D eigenvalue weighted by molar-refractivity contribution is 7.14. The Morgan fingerprint density at radius 2 is 2.50 bits per heavy atom. The Morgan fingerprint density at radius 1 is 1.71 bits per heavy atom. The average molecular weight is 235 g/mol. The third-order valence-corrected chi connectivity index (χ3v) is 2.80. The van der Waals surface area contributed by atoms with Crippen molar-refractivity contribution in [3.8, 4) is 0 Å². The Hall–Kier alpha value is -0.780. The third-order valence-electron chi connectivity index (χ3n) is 1.91. The predicted molar refractivity (Wildman–Crippen MR) is 58.2 cm³/mol. The molecule has 1 aromatic rings. The first-order valence-corrected chi connectivity index (χ1v) is 4.91. The van der Waals surface area contributed by atoms with Crippen LogP contribution in [-0.4, -0.2) is 25.3 Å². The highest BCUT2D eigenvalue weighted by atomic mass is 35.5. The van der Waals surface area contributed by atoms with Gasteiger partial charge in [-0.05, 0) is 17.5 Å². The van der Waals surface area contributed by atoms with Crippen molar-refractivity contribution in [3.05, 3.63) is 17.5 Å². The first kappa shape index (κ1) is 11.3. The zero-order valence-corrected chi connectivity index (χ0v) is 9.01. The average Bonchev–Trinajstić information content (AvgIpc) is 2.72. The summed E-state index contributed by atoms with van der Waals surface area (Å²) in [6, 6.07) is 3.80.